The predicted octanol–water partition coefficient (Wildman–Crippen LogP) is 10.7. The Bertz CT molecular complexity index is 3720. The number of nitrogens with one attached hydrogen (secondary N) is 4. The molecule has 0 bridgehead atoms. The van der Waals surface area contributed by atoms with E-state index in [1.54, 1.807) is 18.2 Å². The predicted molar refractivity (Wildman–Crippen MR) is 346 cm³/mol. The highest BCUT2D eigenvalue weighted by Gasteiger charge is 2.49. The average molecular weight is 1320 g/mol. The first-order valence-electron chi connectivity index (χ1n) is 31.1. The van der Waals surface area contributed by atoms with Crippen LogP contribution in [0.1, 0.15) is 93.1 Å². The minimum absolute atomic E-state index is 0.0407. The third-order valence-corrected chi connectivity index (χ3v) is 22.9. The molecule has 4 saturated heterocycles. The van der Waals surface area contributed by atoms with E-state index in [1.165, 1.54) is 34.5 Å². The molecule has 4 N–H and O–H groups in total. The molecule has 24 heteroatoms. The number of benzene rings is 5. The molecule has 2 unspecified atom stereocenters. The van der Waals surface area contributed by atoms with Gasteiger partial charge in [0.25, 0.3) is 25.8 Å². The van der Waals surface area contributed by atoms with Crippen LogP contribution in [0.4, 0.5) is 40.3 Å². The van der Waals surface area contributed by atoms with Crippen molar-refractivity contribution < 1.29 is 48.8 Å². The number of carbonyl (C=O) groups excluding carboxylic acids is 3. The largest absolute Gasteiger partial charge is 0.501 e. The van der Waals surface area contributed by atoms with Gasteiger partial charge in [0.05, 0.1) is 16.3 Å². The Labute approximate surface area is 534 Å². The molecule has 16 nitrogen and oxygen atoms in total. The Kier molecular flexibility index (Phi) is 20.0. The first-order valence-corrected chi connectivity index (χ1v) is 35.4. The molecule has 4 fully saturated rings. The van der Waals surface area contributed by atoms with Crippen molar-refractivity contribution in [2.75, 3.05) is 105 Å². The number of alkyl halides is 3. The first kappa shape index (κ1) is 65.3. The summed E-state index contributed by atoms with van der Waals surface area (Å²) in [6, 6.07) is 29.0. The quantitative estimate of drug-likeness (QED) is 0.0328. The van der Waals surface area contributed by atoms with Gasteiger partial charge >= 0.3 is 5.51 Å². The number of thioether (sulfide) groups is 1. The Balaban J connectivity index is 0.702. The van der Waals surface area contributed by atoms with E-state index in [1.807, 2.05) is 59.3 Å². The van der Waals surface area contributed by atoms with Crippen LogP contribution in [0, 0.1) is 17.2 Å². The molecule has 3 amide bonds. The Morgan fingerprint density at radius 1 is 0.789 bits per heavy atom. The van der Waals surface area contributed by atoms with E-state index in [0.717, 1.165) is 131 Å². The molecular weight excluding hydrogens is 1240 g/mol. The summed E-state index contributed by atoms with van der Waals surface area (Å²) in [5.74, 6) is -1.53. The molecule has 5 aromatic rings. The maximum absolute atomic E-state index is 15.2. The van der Waals surface area contributed by atoms with Crippen LogP contribution in [0.15, 0.2) is 129 Å². The van der Waals surface area contributed by atoms with Crippen LogP contribution in [0.5, 0.6) is 0 Å². The number of sulfone groups is 1. The van der Waals surface area contributed by atoms with Gasteiger partial charge in [0.15, 0.2) is 0 Å². The van der Waals surface area contributed by atoms with Gasteiger partial charge in [-0.25, -0.2) is 25.9 Å². The fourth-order valence-electron chi connectivity index (χ4n) is 13.6. The number of allylic oxidation sites excluding steroid dienone is 1. The van der Waals surface area contributed by atoms with Crippen molar-refractivity contribution >= 4 is 89.3 Å². The number of fused-ring (bicyclic) bond motifs is 3. The number of imide groups is 1. The van der Waals surface area contributed by atoms with Crippen LogP contribution in [0.25, 0.3) is 5.57 Å². The highest BCUT2D eigenvalue weighted by Crippen LogP contribution is 2.44. The molecule has 5 heterocycles. The van der Waals surface area contributed by atoms with Gasteiger partial charge in [-0.2, -0.15) is 13.2 Å². The van der Waals surface area contributed by atoms with E-state index in [-0.39, 0.29) is 35.0 Å². The number of aryl methyl sites for hydroxylation is 1. The summed E-state index contributed by atoms with van der Waals surface area (Å²) >= 11 is 7.71. The zero-order chi connectivity index (χ0) is 63.5. The van der Waals surface area contributed by atoms with E-state index in [9.17, 15) is 44.4 Å². The number of hydrogen-bond donors (Lipinski definition) is 4. The number of nitrogens with zero attached hydrogens (tertiary/aromatic N) is 5. The second-order valence-electron chi connectivity index (χ2n) is 25.6. The molecule has 1 aliphatic carbocycles. The van der Waals surface area contributed by atoms with Crippen molar-refractivity contribution in [3.8, 4) is 0 Å². The number of amides is 3. The molecule has 482 valence electrons. The Morgan fingerprint density at radius 3 is 2.24 bits per heavy atom. The smallest absolute Gasteiger partial charge is 0.380 e. The Morgan fingerprint density at radius 2 is 1.52 bits per heavy atom. The molecule has 3 atom stereocenters. The van der Waals surface area contributed by atoms with E-state index in [4.69, 9.17) is 11.6 Å². The molecule has 90 heavy (non-hydrogen) atoms. The van der Waals surface area contributed by atoms with Gasteiger partial charge in [0.1, 0.15) is 16.8 Å². The van der Waals surface area contributed by atoms with Crippen molar-refractivity contribution in [1.82, 2.24) is 24.7 Å². The molecule has 0 radical (unpaired) electrons. The molecule has 5 aliphatic heterocycles. The maximum Gasteiger partial charge on any atom is 0.501 e. The summed E-state index contributed by atoms with van der Waals surface area (Å²) in [5.41, 5.74) is 0.909. The third kappa shape index (κ3) is 15.6. The van der Waals surface area contributed by atoms with Crippen molar-refractivity contribution in [3.05, 3.63) is 142 Å². The molecule has 11 rings (SSSR count). The lowest BCUT2D eigenvalue weighted by atomic mass is 9.72. The summed E-state index contributed by atoms with van der Waals surface area (Å²) in [6.45, 7) is 14.0. The zero-order valence-corrected chi connectivity index (χ0v) is 53.9. The van der Waals surface area contributed by atoms with Gasteiger partial charge in [-0.15, -0.1) is 11.8 Å². The van der Waals surface area contributed by atoms with E-state index >= 15 is 4.39 Å². The normalized spacial score (nSPS) is 21.1. The monoisotopic (exact) mass is 1320 g/mol. The SMILES string of the molecule is CC1(C)CCC(c2ccc(Cl)cc2)=C(CN2CCN3c4ccc(C(=O)NS(=O)(=O)c5ccc(N[C@H](CCN6CCC(CN7CCN(c8ccc(NC9CCC(=O)NC9=O)c(F)c8)CC7)CC6)CSc6ccccc6)c(S(=O)(=O)C(F)(F)F)c5)cc4CCC3C2)C1. The summed E-state index contributed by atoms with van der Waals surface area (Å²) < 4.78 is 116. The highest BCUT2D eigenvalue weighted by atomic mass is 35.5. The fourth-order valence-corrected chi connectivity index (χ4v) is 16.8. The minimum atomic E-state index is -6.13. The van der Waals surface area contributed by atoms with Crippen molar-refractivity contribution in [2.45, 2.75) is 116 Å². The van der Waals surface area contributed by atoms with Crippen LogP contribution in [-0.4, -0.2) is 157 Å². The van der Waals surface area contributed by atoms with Crippen LogP contribution in [-0.2, 0) is 35.9 Å². The first-order chi connectivity index (χ1) is 42.9. The van der Waals surface area contributed by atoms with Crippen LogP contribution < -0.4 is 30.5 Å². The Hall–Kier alpha value is -6.21. The van der Waals surface area contributed by atoms with Crippen molar-refractivity contribution in [3.63, 3.8) is 0 Å². The molecule has 0 spiro atoms. The van der Waals surface area contributed by atoms with Gasteiger partial charge in [0, 0.05) is 117 Å². The van der Waals surface area contributed by atoms with E-state index < -0.39 is 70.6 Å². The lowest BCUT2D eigenvalue weighted by molar-refractivity contribution is -0.133. The minimum Gasteiger partial charge on any atom is -0.380 e. The fraction of sp³-hybridized carbons (Fsp3) is 0.470. The standard InChI is InChI=1S/C66H78ClF4N9O7S3/c1-65(2)26-22-55(45-8-12-49(67)13-9-45)48(39-65)41-78-32-35-80-52(42-78)14-10-46-36-47(11-20-60(46)80)63(82)75-90(86,87)54-16-18-58(61(38-54)89(84,85)66(69,70)71)72-50(43-88-53-6-4-3-5-7-53)25-29-76-27-23-44(24-28-76)40-77-30-33-79(34-31-77)51-15-17-57(56(68)37-51)73-59-19-21-62(81)74-64(59)83/h3-9,11-13,15-18,20,36-38,44,50,52,59,72-73H,10,14,19,21-35,39-43H2,1-2H3,(H,75,82)(H,74,81,83)/t50-,52?,59?/m1/s1. The number of carbonyl (C=O) groups is 3. The van der Waals surface area contributed by atoms with Crippen LogP contribution >= 0.6 is 23.4 Å². The molecular formula is C66H78ClF4N9O7S3. The van der Waals surface area contributed by atoms with Gasteiger partial charge in [-0.3, -0.25) is 29.5 Å². The van der Waals surface area contributed by atoms with E-state index in [0.29, 0.717) is 61.7 Å². The summed E-state index contributed by atoms with van der Waals surface area (Å²) in [4.78, 5) is 48.2. The second-order valence-corrected chi connectivity index (χ2v) is 30.7. The van der Waals surface area contributed by atoms with Gasteiger partial charge in [-0.05, 0) is 178 Å². The maximum atomic E-state index is 15.2. The van der Waals surface area contributed by atoms with Gasteiger partial charge < -0.3 is 25.3 Å². The molecule has 5 aromatic carbocycles. The third-order valence-electron chi connectivity index (χ3n) is 18.7. The molecule has 0 aromatic heterocycles. The lowest BCUT2D eigenvalue weighted by Gasteiger charge is -2.47. The summed E-state index contributed by atoms with van der Waals surface area (Å²) in [7, 11) is -11.0. The number of hydrogen-bond acceptors (Lipinski definition) is 15. The molecule has 0 saturated carbocycles. The summed E-state index contributed by atoms with van der Waals surface area (Å²) in [5, 5.41) is 9.01. The van der Waals surface area contributed by atoms with Crippen LogP contribution in [0.2, 0.25) is 5.02 Å². The lowest BCUT2D eigenvalue weighted by Crippen LogP contribution is -2.55. The highest BCUT2D eigenvalue weighted by molar-refractivity contribution is 7.99. The van der Waals surface area contributed by atoms with E-state index in [2.05, 4.69) is 66.4 Å². The molecule has 6 aliphatic rings. The number of anilines is 4. The van der Waals surface area contributed by atoms with Gasteiger partial charge in [0.2, 0.25) is 11.8 Å². The van der Waals surface area contributed by atoms with Crippen molar-refractivity contribution in [2.24, 2.45) is 11.3 Å². The van der Waals surface area contributed by atoms with Gasteiger partial charge in [-0.1, -0.05) is 61.4 Å². The number of piperazine rings is 2. The second kappa shape index (κ2) is 27.5. The average Bonchev–Trinajstić information content (AvgIpc) is 1.25. The summed E-state index contributed by atoms with van der Waals surface area (Å²) in [6.07, 6.45) is 7.32. The number of piperidine rings is 2. The number of likely N-dealkylation sites (tertiary alicyclic amines) is 1. The topological polar surface area (TPSA) is 184 Å². The zero-order valence-electron chi connectivity index (χ0n) is 50.7. The van der Waals surface area contributed by atoms with Crippen molar-refractivity contribution in [1.29, 1.82) is 0 Å². The number of rotatable bonds is 20. The number of halogens is 5. The number of sulfonamides is 1. The van der Waals surface area contributed by atoms with Crippen LogP contribution in [0.3, 0.4) is 0 Å².